The van der Waals surface area contributed by atoms with Gasteiger partial charge in [-0.15, -0.1) is 0 Å². The van der Waals surface area contributed by atoms with Crippen LogP contribution < -0.4 is 5.73 Å². The number of benzene rings is 1. The lowest BCUT2D eigenvalue weighted by molar-refractivity contribution is 0.0306. The van der Waals surface area contributed by atoms with E-state index in [2.05, 4.69) is 0 Å². The Morgan fingerprint density at radius 1 is 1.11 bits per heavy atom. The number of hydrogen-bond acceptors (Lipinski definition) is 4. The third kappa shape index (κ3) is 3.31. The summed E-state index contributed by atoms with van der Waals surface area (Å²) in [6.45, 7) is 0.503. The molecule has 5 heteroatoms. The van der Waals surface area contributed by atoms with Crippen LogP contribution in [0, 0.1) is 0 Å². The van der Waals surface area contributed by atoms with Crippen molar-refractivity contribution in [2.24, 2.45) is 5.73 Å². The van der Waals surface area contributed by atoms with Gasteiger partial charge in [0, 0.05) is 13.0 Å². The predicted molar refractivity (Wildman–Crippen MR) is 70.9 cm³/mol. The van der Waals surface area contributed by atoms with Gasteiger partial charge in [0.15, 0.2) is 9.84 Å². The second kappa shape index (κ2) is 4.99. The number of aliphatic hydroxyl groups is 1. The van der Waals surface area contributed by atoms with E-state index in [4.69, 9.17) is 5.73 Å². The first kappa shape index (κ1) is 13.5. The number of nitrogens with two attached hydrogens (primary N) is 1. The Morgan fingerprint density at radius 2 is 1.61 bits per heavy atom. The summed E-state index contributed by atoms with van der Waals surface area (Å²) in [6.07, 6.45) is 1.16. The van der Waals surface area contributed by atoms with E-state index in [0.29, 0.717) is 25.8 Å². The van der Waals surface area contributed by atoms with Crippen LogP contribution in [0.15, 0.2) is 24.3 Å². The van der Waals surface area contributed by atoms with Crippen LogP contribution in [0.25, 0.3) is 0 Å². The lowest BCUT2D eigenvalue weighted by Crippen LogP contribution is -2.40. The molecule has 0 radical (unpaired) electrons. The van der Waals surface area contributed by atoms with Crippen molar-refractivity contribution in [3.05, 3.63) is 35.4 Å². The molecule has 0 spiro atoms. The highest BCUT2D eigenvalue weighted by Gasteiger charge is 2.35. The number of sulfone groups is 1. The highest BCUT2D eigenvalue weighted by Crippen LogP contribution is 2.27. The fourth-order valence-corrected chi connectivity index (χ4v) is 3.85. The predicted octanol–water partition coefficient (Wildman–Crippen LogP) is 0.627. The maximum Gasteiger partial charge on any atom is 0.150 e. The molecule has 0 aromatic heterocycles. The van der Waals surface area contributed by atoms with Crippen molar-refractivity contribution in [1.82, 2.24) is 0 Å². The van der Waals surface area contributed by atoms with Gasteiger partial charge in [-0.1, -0.05) is 24.3 Å². The molecule has 1 fully saturated rings. The first-order chi connectivity index (χ1) is 8.42. The Labute approximate surface area is 108 Å². The van der Waals surface area contributed by atoms with E-state index in [-0.39, 0.29) is 11.5 Å². The van der Waals surface area contributed by atoms with Crippen molar-refractivity contribution in [3.63, 3.8) is 0 Å². The minimum absolute atomic E-state index is 0.0877. The monoisotopic (exact) mass is 269 g/mol. The molecule has 0 bridgehead atoms. The zero-order valence-corrected chi connectivity index (χ0v) is 11.1. The third-order valence-corrected chi connectivity index (χ3v) is 5.20. The van der Waals surface area contributed by atoms with Crippen molar-refractivity contribution in [1.29, 1.82) is 0 Å². The van der Waals surface area contributed by atoms with Crippen LogP contribution in [-0.4, -0.2) is 30.6 Å². The lowest BCUT2D eigenvalue weighted by Gasteiger charge is -2.32. The number of hydrogen-bond donors (Lipinski definition) is 2. The molecule has 0 saturated carbocycles. The molecule has 1 aliphatic heterocycles. The van der Waals surface area contributed by atoms with Crippen molar-refractivity contribution < 1.29 is 13.5 Å². The van der Waals surface area contributed by atoms with Gasteiger partial charge < -0.3 is 10.8 Å². The normalized spacial score (nSPS) is 21.7. The minimum atomic E-state index is -2.93. The number of rotatable bonds is 3. The zero-order valence-electron chi connectivity index (χ0n) is 10.3. The largest absolute Gasteiger partial charge is 0.389 e. The average Bonchev–Trinajstić information content (AvgIpc) is 2.35. The summed E-state index contributed by atoms with van der Waals surface area (Å²) in [5, 5.41) is 10.4. The van der Waals surface area contributed by atoms with Crippen LogP contribution in [-0.2, 0) is 22.8 Å². The topological polar surface area (TPSA) is 80.4 Å². The minimum Gasteiger partial charge on any atom is -0.389 e. The van der Waals surface area contributed by atoms with Gasteiger partial charge >= 0.3 is 0 Å². The van der Waals surface area contributed by atoms with E-state index in [1.54, 1.807) is 0 Å². The van der Waals surface area contributed by atoms with E-state index in [1.165, 1.54) is 0 Å². The van der Waals surface area contributed by atoms with Crippen LogP contribution >= 0.6 is 0 Å². The van der Waals surface area contributed by atoms with Gasteiger partial charge in [0.05, 0.1) is 17.1 Å². The Morgan fingerprint density at radius 3 is 2.11 bits per heavy atom. The summed E-state index contributed by atoms with van der Waals surface area (Å²) >= 11 is 0. The third-order valence-electron chi connectivity index (χ3n) is 3.55. The van der Waals surface area contributed by atoms with Gasteiger partial charge in [-0.05, 0) is 24.0 Å². The molecule has 0 aliphatic carbocycles. The molecule has 3 N–H and O–H groups in total. The lowest BCUT2D eigenvalue weighted by atomic mass is 9.89. The molecule has 4 nitrogen and oxygen atoms in total. The zero-order chi connectivity index (χ0) is 13.2. The summed E-state index contributed by atoms with van der Waals surface area (Å²) in [5.74, 6) is 0.175. The smallest absolute Gasteiger partial charge is 0.150 e. The molecule has 0 unspecified atom stereocenters. The SMILES string of the molecule is NCc1ccc(CC2(O)CCS(=O)(=O)CC2)cc1. The summed E-state index contributed by atoms with van der Waals surface area (Å²) in [4.78, 5) is 0. The molecule has 1 aromatic carbocycles. The fourth-order valence-electron chi connectivity index (χ4n) is 2.27. The van der Waals surface area contributed by atoms with E-state index in [9.17, 15) is 13.5 Å². The Hall–Kier alpha value is -0.910. The molecule has 1 aliphatic rings. The van der Waals surface area contributed by atoms with Gasteiger partial charge in [0.25, 0.3) is 0 Å². The summed E-state index contributed by atoms with van der Waals surface area (Å²) in [6, 6.07) is 7.78. The Kier molecular flexibility index (Phi) is 3.75. The maximum atomic E-state index is 11.3. The van der Waals surface area contributed by atoms with Crippen LogP contribution in [0.1, 0.15) is 24.0 Å². The fraction of sp³-hybridized carbons (Fsp3) is 0.538. The van der Waals surface area contributed by atoms with E-state index in [0.717, 1.165) is 11.1 Å². The molecule has 1 aromatic rings. The van der Waals surface area contributed by atoms with Crippen molar-refractivity contribution >= 4 is 9.84 Å². The van der Waals surface area contributed by atoms with Gasteiger partial charge in [-0.3, -0.25) is 0 Å². The molecule has 0 atom stereocenters. The van der Waals surface area contributed by atoms with Crippen molar-refractivity contribution in [2.75, 3.05) is 11.5 Å². The van der Waals surface area contributed by atoms with Crippen LogP contribution in [0.3, 0.4) is 0 Å². The molecule has 1 heterocycles. The Balaban J connectivity index is 2.04. The molecule has 2 rings (SSSR count). The van der Waals surface area contributed by atoms with Gasteiger partial charge in [0.1, 0.15) is 0 Å². The first-order valence-corrected chi connectivity index (χ1v) is 7.95. The summed E-state index contributed by atoms with van der Waals surface area (Å²) in [7, 11) is -2.93. The molecular formula is C13H19NO3S. The van der Waals surface area contributed by atoms with E-state index < -0.39 is 15.4 Å². The second-order valence-corrected chi connectivity index (χ2v) is 7.38. The van der Waals surface area contributed by atoms with Crippen LogP contribution in [0.4, 0.5) is 0 Å². The molecule has 18 heavy (non-hydrogen) atoms. The average molecular weight is 269 g/mol. The van der Waals surface area contributed by atoms with Crippen LogP contribution in [0.2, 0.25) is 0 Å². The van der Waals surface area contributed by atoms with Crippen molar-refractivity contribution in [2.45, 2.75) is 31.4 Å². The highest BCUT2D eigenvalue weighted by molar-refractivity contribution is 7.91. The van der Waals surface area contributed by atoms with E-state index in [1.807, 2.05) is 24.3 Å². The Bertz CT molecular complexity index is 494. The maximum absolute atomic E-state index is 11.3. The second-order valence-electron chi connectivity index (χ2n) is 5.07. The first-order valence-electron chi connectivity index (χ1n) is 6.13. The molecule has 0 amide bonds. The molecule has 100 valence electrons. The standard InChI is InChI=1S/C13H19NO3S/c14-10-12-3-1-11(2-4-12)9-13(15)5-7-18(16,17)8-6-13/h1-4,15H,5-10,14H2. The van der Waals surface area contributed by atoms with Crippen molar-refractivity contribution in [3.8, 4) is 0 Å². The summed E-state index contributed by atoms with van der Waals surface area (Å²) in [5.41, 5.74) is 6.72. The molecular weight excluding hydrogens is 250 g/mol. The molecule has 1 saturated heterocycles. The van der Waals surface area contributed by atoms with Crippen LogP contribution in [0.5, 0.6) is 0 Å². The van der Waals surface area contributed by atoms with Gasteiger partial charge in [0.2, 0.25) is 0 Å². The van der Waals surface area contributed by atoms with Gasteiger partial charge in [-0.25, -0.2) is 8.42 Å². The van der Waals surface area contributed by atoms with Gasteiger partial charge in [-0.2, -0.15) is 0 Å². The quantitative estimate of drug-likeness (QED) is 0.843. The van der Waals surface area contributed by atoms with E-state index >= 15 is 0 Å². The highest BCUT2D eigenvalue weighted by atomic mass is 32.2. The summed E-state index contributed by atoms with van der Waals surface area (Å²) < 4.78 is 22.7.